The second-order valence-electron chi connectivity index (χ2n) is 4.02. The van der Waals surface area contributed by atoms with E-state index < -0.39 is 5.97 Å². The standard InChI is InChI=1S/C14H14N2O4/c1-3-19-14(18)10-4-6-11(7-5-10)16-13(17)12-9(2)15-8-20-12/h4-8H,3H2,1-2H3,(H,16,17). The lowest BCUT2D eigenvalue weighted by Gasteiger charge is -2.05. The summed E-state index contributed by atoms with van der Waals surface area (Å²) >= 11 is 0. The number of nitrogens with one attached hydrogen (secondary N) is 1. The zero-order valence-corrected chi connectivity index (χ0v) is 11.2. The van der Waals surface area contributed by atoms with Crippen LogP contribution in [0.1, 0.15) is 33.5 Å². The SMILES string of the molecule is CCOC(=O)c1ccc(NC(=O)c2ocnc2C)cc1. The van der Waals surface area contributed by atoms with Gasteiger partial charge in [0.05, 0.1) is 17.9 Å². The zero-order valence-electron chi connectivity index (χ0n) is 11.2. The Bertz CT molecular complexity index is 616. The summed E-state index contributed by atoms with van der Waals surface area (Å²) in [5.74, 6) is -0.611. The van der Waals surface area contributed by atoms with Crippen LogP contribution in [0.15, 0.2) is 35.1 Å². The van der Waals surface area contributed by atoms with Crippen molar-refractivity contribution in [2.75, 3.05) is 11.9 Å². The molecule has 0 saturated heterocycles. The Hall–Kier alpha value is -2.63. The Morgan fingerprint density at radius 1 is 1.30 bits per heavy atom. The lowest BCUT2D eigenvalue weighted by molar-refractivity contribution is 0.0526. The van der Waals surface area contributed by atoms with E-state index in [1.807, 2.05) is 0 Å². The molecule has 1 heterocycles. The summed E-state index contributed by atoms with van der Waals surface area (Å²) in [5.41, 5.74) is 1.50. The zero-order chi connectivity index (χ0) is 14.5. The Kier molecular flexibility index (Phi) is 4.14. The van der Waals surface area contributed by atoms with Crippen molar-refractivity contribution in [3.8, 4) is 0 Å². The van der Waals surface area contributed by atoms with E-state index in [1.165, 1.54) is 6.39 Å². The summed E-state index contributed by atoms with van der Waals surface area (Å²) in [7, 11) is 0. The van der Waals surface area contributed by atoms with Crippen molar-refractivity contribution in [3.05, 3.63) is 47.7 Å². The second kappa shape index (κ2) is 6.01. The summed E-state index contributed by atoms with van der Waals surface area (Å²) in [4.78, 5) is 27.2. The normalized spacial score (nSPS) is 10.1. The third-order valence-electron chi connectivity index (χ3n) is 2.61. The van der Waals surface area contributed by atoms with Gasteiger partial charge < -0.3 is 14.5 Å². The summed E-state index contributed by atoms with van der Waals surface area (Å²) in [6.45, 7) is 3.75. The maximum absolute atomic E-state index is 11.9. The number of hydrogen-bond acceptors (Lipinski definition) is 5. The van der Waals surface area contributed by atoms with Crippen LogP contribution in [0.5, 0.6) is 0 Å². The Morgan fingerprint density at radius 2 is 2.00 bits per heavy atom. The summed E-state index contributed by atoms with van der Waals surface area (Å²) in [6.07, 6.45) is 1.22. The van der Waals surface area contributed by atoms with Crippen LogP contribution in [0.4, 0.5) is 5.69 Å². The molecular weight excluding hydrogens is 260 g/mol. The van der Waals surface area contributed by atoms with Crippen LogP contribution in [-0.2, 0) is 4.74 Å². The van der Waals surface area contributed by atoms with Gasteiger partial charge in [-0.1, -0.05) is 0 Å². The Morgan fingerprint density at radius 3 is 2.55 bits per heavy atom. The van der Waals surface area contributed by atoms with Crippen LogP contribution in [0.3, 0.4) is 0 Å². The number of nitrogens with zero attached hydrogens (tertiary/aromatic N) is 1. The molecule has 20 heavy (non-hydrogen) atoms. The molecule has 1 N–H and O–H groups in total. The van der Waals surface area contributed by atoms with Crippen LogP contribution in [0.25, 0.3) is 0 Å². The highest BCUT2D eigenvalue weighted by Gasteiger charge is 2.14. The number of rotatable bonds is 4. The van der Waals surface area contributed by atoms with Crippen molar-refractivity contribution in [3.63, 3.8) is 0 Å². The van der Waals surface area contributed by atoms with Gasteiger partial charge >= 0.3 is 5.97 Å². The number of amides is 1. The highest BCUT2D eigenvalue weighted by Crippen LogP contribution is 2.13. The first kappa shape index (κ1) is 13.8. The highest BCUT2D eigenvalue weighted by molar-refractivity contribution is 6.03. The van der Waals surface area contributed by atoms with E-state index in [4.69, 9.17) is 9.15 Å². The van der Waals surface area contributed by atoms with Crippen LogP contribution in [0.2, 0.25) is 0 Å². The maximum Gasteiger partial charge on any atom is 0.338 e. The number of aromatic nitrogens is 1. The third kappa shape index (κ3) is 3.03. The maximum atomic E-state index is 11.9. The third-order valence-corrected chi connectivity index (χ3v) is 2.61. The van der Waals surface area contributed by atoms with Crippen molar-refractivity contribution in [2.45, 2.75) is 13.8 Å². The molecule has 0 radical (unpaired) electrons. The van der Waals surface area contributed by atoms with E-state index in [9.17, 15) is 9.59 Å². The van der Waals surface area contributed by atoms with Gasteiger partial charge in [0.2, 0.25) is 5.76 Å². The van der Waals surface area contributed by atoms with Crippen LogP contribution < -0.4 is 5.32 Å². The molecule has 0 aliphatic carbocycles. The number of carbonyl (C=O) groups is 2. The predicted molar refractivity (Wildman–Crippen MR) is 71.6 cm³/mol. The molecular formula is C14H14N2O4. The molecule has 6 nitrogen and oxygen atoms in total. The van der Waals surface area contributed by atoms with E-state index in [0.29, 0.717) is 23.6 Å². The van der Waals surface area contributed by atoms with Crippen molar-refractivity contribution in [1.82, 2.24) is 4.98 Å². The van der Waals surface area contributed by atoms with Gasteiger partial charge in [0.15, 0.2) is 6.39 Å². The highest BCUT2D eigenvalue weighted by atomic mass is 16.5. The van der Waals surface area contributed by atoms with Crippen molar-refractivity contribution in [2.24, 2.45) is 0 Å². The van der Waals surface area contributed by atoms with Crippen molar-refractivity contribution < 1.29 is 18.7 Å². The molecule has 2 rings (SSSR count). The van der Waals surface area contributed by atoms with Crippen LogP contribution in [-0.4, -0.2) is 23.5 Å². The van der Waals surface area contributed by atoms with Gasteiger partial charge in [0.25, 0.3) is 5.91 Å². The van der Waals surface area contributed by atoms with Gasteiger partial charge in [-0.05, 0) is 38.1 Å². The molecule has 0 bridgehead atoms. The molecule has 1 aromatic heterocycles. The molecule has 0 spiro atoms. The number of hydrogen-bond donors (Lipinski definition) is 1. The summed E-state index contributed by atoms with van der Waals surface area (Å²) < 4.78 is 9.87. The lowest BCUT2D eigenvalue weighted by Crippen LogP contribution is -2.12. The number of carbonyl (C=O) groups excluding carboxylic acids is 2. The molecule has 0 aliphatic heterocycles. The van der Waals surface area contributed by atoms with Gasteiger partial charge in [-0.3, -0.25) is 4.79 Å². The molecule has 0 fully saturated rings. The predicted octanol–water partition coefficient (Wildman–Crippen LogP) is 2.41. The minimum atomic E-state index is -0.392. The van der Waals surface area contributed by atoms with Crippen LogP contribution in [0, 0.1) is 6.92 Å². The molecule has 0 aliphatic rings. The average Bonchev–Trinajstić information content (AvgIpc) is 2.86. The minimum absolute atomic E-state index is 0.166. The van der Waals surface area contributed by atoms with Gasteiger partial charge in [0, 0.05) is 5.69 Å². The molecule has 6 heteroatoms. The van der Waals surface area contributed by atoms with Gasteiger partial charge in [-0.2, -0.15) is 0 Å². The smallest absolute Gasteiger partial charge is 0.338 e. The summed E-state index contributed by atoms with van der Waals surface area (Å²) in [6, 6.07) is 6.41. The fourth-order valence-electron chi connectivity index (χ4n) is 1.61. The van der Waals surface area contributed by atoms with Crippen molar-refractivity contribution in [1.29, 1.82) is 0 Å². The fraction of sp³-hybridized carbons (Fsp3) is 0.214. The quantitative estimate of drug-likeness (QED) is 0.866. The number of oxazole rings is 1. The Labute approximate surface area is 115 Å². The number of benzene rings is 1. The molecule has 0 atom stereocenters. The topological polar surface area (TPSA) is 81.4 Å². The van der Waals surface area contributed by atoms with Crippen molar-refractivity contribution >= 4 is 17.6 Å². The summed E-state index contributed by atoms with van der Waals surface area (Å²) in [5, 5.41) is 2.66. The monoisotopic (exact) mass is 274 g/mol. The minimum Gasteiger partial charge on any atom is -0.462 e. The fourth-order valence-corrected chi connectivity index (χ4v) is 1.61. The molecule has 0 unspecified atom stereocenters. The van der Waals surface area contributed by atoms with E-state index in [-0.39, 0.29) is 11.7 Å². The number of anilines is 1. The van der Waals surface area contributed by atoms with Crippen LogP contribution >= 0.6 is 0 Å². The van der Waals surface area contributed by atoms with Gasteiger partial charge in [-0.25, -0.2) is 9.78 Å². The molecule has 0 saturated carbocycles. The Balaban J connectivity index is 2.06. The van der Waals surface area contributed by atoms with E-state index >= 15 is 0 Å². The molecule has 1 amide bonds. The largest absolute Gasteiger partial charge is 0.462 e. The average molecular weight is 274 g/mol. The van der Waals surface area contributed by atoms with Gasteiger partial charge in [0.1, 0.15) is 0 Å². The molecule has 1 aromatic carbocycles. The first-order chi connectivity index (χ1) is 9.61. The molecule has 2 aromatic rings. The van der Waals surface area contributed by atoms with Gasteiger partial charge in [-0.15, -0.1) is 0 Å². The van der Waals surface area contributed by atoms with E-state index in [1.54, 1.807) is 38.1 Å². The van der Waals surface area contributed by atoms with E-state index in [0.717, 1.165) is 0 Å². The first-order valence-corrected chi connectivity index (χ1v) is 6.10. The number of ether oxygens (including phenoxy) is 1. The second-order valence-corrected chi connectivity index (χ2v) is 4.02. The molecule has 104 valence electrons. The first-order valence-electron chi connectivity index (χ1n) is 6.10. The van der Waals surface area contributed by atoms with E-state index in [2.05, 4.69) is 10.3 Å². The number of esters is 1. The number of aryl methyl sites for hydroxylation is 1. The lowest BCUT2D eigenvalue weighted by atomic mass is 10.2.